The normalized spacial score (nSPS) is 9.45. The molecule has 0 aromatic heterocycles. The van der Waals surface area contributed by atoms with Crippen molar-refractivity contribution in [1.82, 2.24) is 0 Å². The fourth-order valence-corrected chi connectivity index (χ4v) is 2.68. The first-order valence-corrected chi connectivity index (χ1v) is 7.42. The molecular formula is C18H16FP. The van der Waals surface area contributed by atoms with Crippen LogP contribution in [0.5, 0.6) is 0 Å². The van der Waals surface area contributed by atoms with Crippen molar-refractivity contribution in [2.45, 2.75) is 0 Å². The summed E-state index contributed by atoms with van der Waals surface area (Å²) in [5, 5.41) is 2.79. The van der Waals surface area contributed by atoms with Crippen LogP contribution in [-0.4, -0.2) is 0 Å². The lowest BCUT2D eigenvalue weighted by Crippen LogP contribution is -2.01. The monoisotopic (exact) mass is 282 g/mol. The van der Waals surface area contributed by atoms with E-state index in [0.29, 0.717) is 0 Å². The zero-order valence-corrected chi connectivity index (χ0v) is 12.0. The summed E-state index contributed by atoms with van der Waals surface area (Å²) in [5.74, 6) is -0.178. The highest BCUT2D eigenvalue weighted by molar-refractivity contribution is 7.55. The van der Waals surface area contributed by atoms with Crippen LogP contribution in [0.25, 0.3) is 0 Å². The van der Waals surface area contributed by atoms with Crippen LogP contribution in [0.2, 0.25) is 0 Å². The Kier molecular flexibility index (Phi) is 5.95. The third-order valence-corrected chi connectivity index (χ3v) is 3.81. The van der Waals surface area contributed by atoms with E-state index in [-0.39, 0.29) is 5.82 Å². The van der Waals surface area contributed by atoms with Gasteiger partial charge in [0.1, 0.15) is 5.82 Å². The van der Waals surface area contributed by atoms with Gasteiger partial charge in [-0.2, -0.15) is 0 Å². The van der Waals surface area contributed by atoms with Crippen molar-refractivity contribution >= 4 is 19.2 Å². The highest BCUT2D eigenvalue weighted by atomic mass is 31.1. The first-order valence-electron chi connectivity index (χ1n) is 6.42. The quantitative estimate of drug-likeness (QED) is 0.620. The molecule has 0 unspecified atom stereocenters. The molecule has 0 heterocycles. The van der Waals surface area contributed by atoms with Crippen molar-refractivity contribution in [2.24, 2.45) is 0 Å². The second-order valence-electron chi connectivity index (χ2n) is 4.15. The molecule has 0 bridgehead atoms. The summed E-state index contributed by atoms with van der Waals surface area (Å²) >= 11 is 0. The van der Waals surface area contributed by atoms with E-state index in [1.165, 1.54) is 22.7 Å². The number of hydrogen-bond acceptors (Lipinski definition) is 0. The third kappa shape index (κ3) is 5.34. The van der Waals surface area contributed by atoms with Crippen molar-refractivity contribution in [2.75, 3.05) is 0 Å². The Morgan fingerprint density at radius 1 is 0.500 bits per heavy atom. The summed E-state index contributed by atoms with van der Waals surface area (Å²) in [6.07, 6.45) is 0. The summed E-state index contributed by atoms with van der Waals surface area (Å²) in [6, 6.07) is 29.1. The molecule has 0 nitrogen and oxygen atoms in total. The molecule has 20 heavy (non-hydrogen) atoms. The van der Waals surface area contributed by atoms with E-state index in [9.17, 15) is 4.39 Å². The summed E-state index contributed by atoms with van der Waals surface area (Å²) in [4.78, 5) is 0. The Balaban J connectivity index is 0.000000178. The molecule has 0 saturated heterocycles. The molecule has 0 aliphatic rings. The van der Waals surface area contributed by atoms with Crippen molar-refractivity contribution < 1.29 is 4.39 Å². The van der Waals surface area contributed by atoms with Gasteiger partial charge >= 0.3 is 0 Å². The van der Waals surface area contributed by atoms with E-state index in [4.69, 9.17) is 0 Å². The van der Waals surface area contributed by atoms with E-state index in [2.05, 4.69) is 60.7 Å². The smallest absolute Gasteiger partial charge is 0.123 e. The SMILES string of the molecule is Fc1ccccc1.c1ccc(Pc2ccccc2)cc1. The van der Waals surface area contributed by atoms with Crippen LogP contribution in [0.3, 0.4) is 0 Å². The lowest BCUT2D eigenvalue weighted by Gasteiger charge is -2.00. The fourth-order valence-electron chi connectivity index (χ4n) is 1.62. The minimum atomic E-state index is -0.178. The van der Waals surface area contributed by atoms with E-state index >= 15 is 0 Å². The van der Waals surface area contributed by atoms with Crippen molar-refractivity contribution in [3.63, 3.8) is 0 Å². The molecule has 3 rings (SSSR count). The average Bonchev–Trinajstić information content (AvgIpc) is 2.51. The van der Waals surface area contributed by atoms with Gasteiger partial charge in [0.2, 0.25) is 0 Å². The highest BCUT2D eigenvalue weighted by Crippen LogP contribution is 2.08. The number of rotatable bonds is 2. The number of hydrogen-bond donors (Lipinski definition) is 0. The first-order chi connectivity index (χ1) is 9.84. The molecule has 2 heteroatoms. The average molecular weight is 282 g/mol. The van der Waals surface area contributed by atoms with Gasteiger partial charge in [0, 0.05) is 0 Å². The van der Waals surface area contributed by atoms with Crippen LogP contribution in [-0.2, 0) is 0 Å². The van der Waals surface area contributed by atoms with Crippen LogP contribution < -0.4 is 10.6 Å². The second kappa shape index (κ2) is 8.24. The molecule has 0 saturated carbocycles. The molecule has 0 N–H and O–H groups in total. The second-order valence-corrected chi connectivity index (χ2v) is 5.56. The van der Waals surface area contributed by atoms with Gasteiger partial charge in [0.05, 0.1) is 0 Å². The minimum absolute atomic E-state index is 0.178. The van der Waals surface area contributed by atoms with Gasteiger partial charge < -0.3 is 0 Å². The predicted octanol–water partition coefficient (Wildman–Crippen LogP) is 4.14. The molecular weight excluding hydrogens is 266 g/mol. The van der Waals surface area contributed by atoms with Crippen molar-refractivity contribution in [1.29, 1.82) is 0 Å². The van der Waals surface area contributed by atoms with E-state index < -0.39 is 0 Å². The molecule has 0 spiro atoms. The fraction of sp³-hybridized carbons (Fsp3) is 0. The molecule has 0 fully saturated rings. The zero-order valence-electron chi connectivity index (χ0n) is 11.0. The van der Waals surface area contributed by atoms with Crippen LogP contribution in [0, 0.1) is 5.82 Å². The Hall–Kier alpha value is -1.98. The zero-order chi connectivity index (χ0) is 14.0. The maximum atomic E-state index is 11.9. The molecule has 0 amide bonds. The summed E-state index contributed by atoms with van der Waals surface area (Å²) < 4.78 is 11.9. The van der Waals surface area contributed by atoms with Gasteiger partial charge in [-0.05, 0) is 22.7 Å². The molecule has 0 aliphatic carbocycles. The lowest BCUT2D eigenvalue weighted by atomic mass is 10.4. The standard InChI is InChI=1S/C12H11P.C6H5F/c1-3-7-11(8-4-1)13-12-9-5-2-6-10-12;7-6-4-2-1-3-5-6/h1-10,13H;1-5H. The van der Waals surface area contributed by atoms with Crippen LogP contribution in [0.15, 0.2) is 91.0 Å². The Morgan fingerprint density at radius 2 is 0.850 bits per heavy atom. The van der Waals surface area contributed by atoms with E-state index in [0.717, 1.165) is 8.58 Å². The predicted molar refractivity (Wildman–Crippen MR) is 86.9 cm³/mol. The molecule has 3 aromatic rings. The van der Waals surface area contributed by atoms with Crippen LogP contribution >= 0.6 is 8.58 Å². The summed E-state index contributed by atoms with van der Waals surface area (Å²) in [5.41, 5.74) is 0. The van der Waals surface area contributed by atoms with Gasteiger partial charge in [0.15, 0.2) is 0 Å². The highest BCUT2D eigenvalue weighted by Gasteiger charge is 1.92. The number of halogens is 1. The largest absolute Gasteiger partial charge is 0.207 e. The van der Waals surface area contributed by atoms with Crippen LogP contribution in [0.4, 0.5) is 4.39 Å². The van der Waals surface area contributed by atoms with Gasteiger partial charge in [-0.3, -0.25) is 0 Å². The molecule has 0 radical (unpaired) electrons. The maximum Gasteiger partial charge on any atom is 0.123 e. The number of benzene rings is 3. The first kappa shape index (κ1) is 14.4. The molecule has 0 atom stereocenters. The van der Waals surface area contributed by atoms with E-state index in [1.807, 2.05) is 0 Å². The van der Waals surface area contributed by atoms with E-state index in [1.54, 1.807) is 18.2 Å². The Labute approximate surface area is 121 Å². The van der Waals surface area contributed by atoms with Crippen LogP contribution in [0.1, 0.15) is 0 Å². The lowest BCUT2D eigenvalue weighted by molar-refractivity contribution is 0.628. The van der Waals surface area contributed by atoms with Gasteiger partial charge in [0.25, 0.3) is 0 Å². The third-order valence-electron chi connectivity index (χ3n) is 2.57. The van der Waals surface area contributed by atoms with Gasteiger partial charge in [-0.15, -0.1) is 0 Å². The topological polar surface area (TPSA) is 0 Å². The maximum absolute atomic E-state index is 11.9. The molecule has 0 aliphatic heterocycles. The summed E-state index contributed by atoms with van der Waals surface area (Å²) in [6.45, 7) is 0. The Bertz CT molecular complexity index is 557. The van der Waals surface area contributed by atoms with Crippen molar-refractivity contribution in [3.05, 3.63) is 96.8 Å². The molecule has 100 valence electrons. The van der Waals surface area contributed by atoms with Crippen molar-refractivity contribution in [3.8, 4) is 0 Å². The Morgan fingerprint density at radius 3 is 1.15 bits per heavy atom. The van der Waals surface area contributed by atoms with Gasteiger partial charge in [-0.25, -0.2) is 4.39 Å². The molecule has 3 aromatic carbocycles. The summed E-state index contributed by atoms with van der Waals surface area (Å²) in [7, 11) is 0.777. The van der Waals surface area contributed by atoms with Gasteiger partial charge in [-0.1, -0.05) is 87.4 Å². The minimum Gasteiger partial charge on any atom is -0.207 e.